The van der Waals surface area contributed by atoms with Crippen LogP contribution in [0.3, 0.4) is 0 Å². The molecule has 0 radical (unpaired) electrons. The lowest BCUT2D eigenvalue weighted by atomic mass is 10.0. The molecule has 1 aromatic rings. The first-order valence-corrected chi connectivity index (χ1v) is 10.5. The van der Waals surface area contributed by atoms with Crippen LogP contribution in [0.25, 0.3) is 0 Å². The number of thioether (sulfide) groups is 1. The highest BCUT2D eigenvalue weighted by Gasteiger charge is 2.61. The first-order valence-electron chi connectivity index (χ1n) is 9.66. The number of nitrogens with zero attached hydrogens (tertiary/aromatic N) is 1. The molecule has 2 aliphatic heterocycles. The summed E-state index contributed by atoms with van der Waals surface area (Å²) in [5, 5.41) is 13.0. The summed E-state index contributed by atoms with van der Waals surface area (Å²) >= 11 is 1.34. The Bertz CT molecular complexity index is 851. The van der Waals surface area contributed by atoms with Crippen molar-refractivity contribution in [2.75, 3.05) is 7.11 Å². The smallest absolute Gasteiger partial charge is 0.371 e. The predicted octanol–water partition coefficient (Wildman–Crippen LogP) is 2.17. The summed E-state index contributed by atoms with van der Waals surface area (Å²) in [6.45, 7) is 9.15. The van der Waals surface area contributed by atoms with Gasteiger partial charge in [-0.3, -0.25) is 10.1 Å². The number of aliphatic hydroxyl groups excluding tert-OH is 1. The Kier molecular flexibility index (Phi) is 6.03. The molecule has 1 aromatic carbocycles. The minimum atomic E-state index is -1.73. The zero-order valence-corrected chi connectivity index (χ0v) is 18.8. The monoisotopic (exact) mass is 436 g/mol. The lowest BCUT2D eigenvalue weighted by Gasteiger charge is -2.27. The van der Waals surface area contributed by atoms with Gasteiger partial charge in [0.05, 0.1) is 0 Å². The number of aliphatic hydroxyl groups is 1. The quantitative estimate of drug-likeness (QED) is 0.677. The highest BCUT2D eigenvalue weighted by molar-refractivity contribution is 8.01. The second-order valence-electron chi connectivity index (χ2n) is 8.79. The molecule has 0 aromatic heterocycles. The summed E-state index contributed by atoms with van der Waals surface area (Å²) in [6.07, 6.45) is -1.21. The second-order valence-corrected chi connectivity index (χ2v) is 10.5. The van der Waals surface area contributed by atoms with Crippen LogP contribution in [0.2, 0.25) is 0 Å². The minimum Gasteiger partial charge on any atom is -0.459 e. The third kappa shape index (κ3) is 4.25. The average molecular weight is 437 g/mol. The number of hydrogen-bond acceptors (Lipinski definition) is 9. The van der Waals surface area contributed by atoms with Crippen molar-refractivity contribution in [1.82, 2.24) is 5.32 Å². The van der Waals surface area contributed by atoms with E-state index >= 15 is 0 Å². The molecule has 0 saturated carbocycles. The van der Waals surface area contributed by atoms with Crippen molar-refractivity contribution in [3.63, 3.8) is 0 Å². The molecule has 1 saturated heterocycles. The number of carbonyl (C=O) groups excluding carboxylic acids is 2. The topological polar surface area (TPSA) is 106 Å². The zero-order valence-electron chi connectivity index (χ0n) is 18.0. The lowest BCUT2D eigenvalue weighted by molar-refractivity contribution is -0.161. The van der Waals surface area contributed by atoms with Gasteiger partial charge in [0.2, 0.25) is 5.90 Å². The summed E-state index contributed by atoms with van der Waals surface area (Å²) in [5.74, 6) is -1.32. The fourth-order valence-corrected chi connectivity index (χ4v) is 4.88. The molecule has 2 heterocycles. The number of esters is 2. The maximum atomic E-state index is 12.8. The van der Waals surface area contributed by atoms with Crippen molar-refractivity contribution in [3.05, 3.63) is 35.9 Å². The Morgan fingerprint density at radius 1 is 1.30 bits per heavy atom. The maximum Gasteiger partial charge on any atom is 0.371 e. The number of rotatable bonds is 5. The molecule has 164 valence electrons. The molecule has 0 aliphatic carbocycles. The Labute approximate surface area is 180 Å². The van der Waals surface area contributed by atoms with Crippen molar-refractivity contribution >= 4 is 29.6 Å². The fourth-order valence-electron chi connectivity index (χ4n) is 3.36. The largest absolute Gasteiger partial charge is 0.459 e. The van der Waals surface area contributed by atoms with E-state index in [0.29, 0.717) is 5.56 Å². The third-order valence-corrected chi connectivity index (χ3v) is 6.39. The molecule has 4 atom stereocenters. The molecule has 8 nitrogen and oxygen atoms in total. The standard InChI is InChI=1S/C21H28N2O6S/c1-19(2,3)29-16(25)14-20(4,5)30-17(22-14)21(27-6)18(26)28-15(23-21)13(24)12-10-8-7-9-11-12/h7-11,13-14,17,22,24H,1-6H3. The molecule has 9 heteroatoms. The van der Waals surface area contributed by atoms with Crippen molar-refractivity contribution < 1.29 is 28.9 Å². The molecule has 0 amide bonds. The van der Waals surface area contributed by atoms with Crippen molar-refractivity contribution in [3.8, 4) is 0 Å². The van der Waals surface area contributed by atoms with Gasteiger partial charge in [0, 0.05) is 11.9 Å². The van der Waals surface area contributed by atoms with Crippen LogP contribution in [-0.4, -0.2) is 57.5 Å². The van der Waals surface area contributed by atoms with Gasteiger partial charge in [-0.15, -0.1) is 11.8 Å². The SMILES string of the molecule is COC1(C2NC(C(=O)OC(C)(C)C)C(C)(C)S2)N=C(C(O)c2ccccc2)OC1=O. The molecule has 2 aliphatic rings. The van der Waals surface area contributed by atoms with Gasteiger partial charge in [-0.2, -0.15) is 0 Å². The van der Waals surface area contributed by atoms with Crippen molar-refractivity contribution in [2.45, 2.75) is 68.2 Å². The Morgan fingerprint density at radius 2 is 1.93 bits per heavy atom. The van der Waals surface area contributed by atoms with Crippen LogP contribution in [0, 0.1) is 0 Å². The third-order valence-electron chi connectivity index (χ3n) is 4.86. The molecular formula is C21H28N2O6S. The number of hydrogen-bond donors (Lipinski definition) is 2. The first kappa shape index (κ1) is 22.7. The van der Waals surface area contributed by atoms with E-state index in [4.69, 9.17) is 14.2 Å². The van der Waals surface area contributed by atoms with Crippen LogP contribution in [0.4, 0.5) is 0 Å². The second kappa shape index (κ2) is 7.96. The van der Waals surface area contributed by atoms with Crippen LogP contribution in [-0.2, 0) is 23.8 Å². The summed E-state index contributed by atoms with van der Waals surface area (Å²) in [5.41, 5.74) is -1.84. The van der Waals surface area contributed by atoms with Crippen LogP contribution in [0.15, 0.2) is 35.3 Å². The van der Waals surface area contributed by atoms with Crippen LogP contribution >= 0.6 is 11.8 Å². The number of ether oxygens (including phenoxy) is 3. The van der Waals surface area contributed by atoms with Crippen LogP contribution in [0.5, 0.6) is 0 Å². The van der Waals surface area contributed by atoms with Gasteiger partial charge in [-0.25, -0.2) is 9.79 Å². The van der Waals surface area contributed by atoms with Gasteiger partial charge in [-0.05, 0) is 40.2 Å². The number of aliphatic imine (C=N–C) groups is 1. The van der Waals surface area contributed by atoms with E-state index in [2.05, 4.69) is 10.3 Å². The van der Waals surface area contributed by atoms with Gasteiger partial charge < -0.3 is 19.3 Å². The van der Waals surface area contributed by atoms with Gasteiger partial charge >= 0.3 is 11.9 Å². The van der Waals surface area contributed by atoms with E-state index in [1.807, 2.05) is 19.9 Å². The van der Waals surface area contributed by atoms with Gasteiger partial charge in [-0.1, -0.05) is 30.3 Å². The Balaban J connectivity index is 1.88. The first-order chi connectivity index (χ1) is 13.9. The van der Waals surface area contributed by atoms with E-state index < -0.39 is 45.5 Å². The summed E-state index contributed by atoms with van der Waals surface area (Å²) < 4.78 is 15.8. The Hall–Kier alpha value is -1.94. The molecule has 2 N–H and O–H groups in total. The van der Waals surface area contributed by atoms with Gasteiger partial charge in [0.25, 0.3) is 5.72 Å². The molecule has 3 rings (SSSR count). The summed E-state index contributed by atoms with van der Waals surface area (Å²) in [7, 11) is 1.35. The molecule has 0 spiro atoms. The highest BCUT2D eigenvalue weighted by atomic mass is 32.2. The van der Waals surface area contributed by atoms with Crippen LogP contribution < -0.4 is 5.32 Å². The normalized spacial score (nSPS) is 29.3. The Morgan fingerprint density at radius 3 is 2.50 bits per heavy atom. The van der Waals surface area contributed by atoms with E-state index in [1.165, 1.54) is 18.9 Å². The lowest BCUT2D eigenvalue weighted by Crippen LogP contribution is -2.54. The van der Waals surface area contributed by atoms with Gasteiger partial charge in [0.15, 0.2) is 6.10 Å². The molecule has 4 unspecified atom stereocenters. The predicted molar refractivity (Wildman–Crippen MR) is 113 cm³/mol. The number of nitrogens with one attached hydrogen (secondary N) is 1. The number of carbonyl (C=O) groups is 2. The molecule has 0 bridgehead atoms. The molecule has 1 fully saturated rings. The fraction of sp³-hybridized carbons (Fsp3) is 0.571. The van der Waals surface area contributed by atoms with E-state index in [9.17, 15) is 14.7 Å². The highest BCUT2D eigenvalue weighted by Crippen LogP contribution is 2.46. The zero-order chi connectivity index (χ0) is 22.3. The number of benzene rings is 1. The van der Waals surface area contributed by atoms with E-state index in [0.717, 1.165) is 0 Å². The van der Waals surface area contributed by atoms with Crippen molar-refractivity contribution in [2.24, 2.45) is 4.99 Å². The minimum absolute atomic E-state index is 0.144. The van der Waals surface area contributed by atoms with E-state index in [-0.39, 0.29) is 5.90 Å². The van der Waals surface area contributed by atoms with E-state index in [1.54, 1.807) is 45.0 Å². The summed E-state index contributed by atoms with van der Waals surface area (Å²) in [6, 6.07) is 8.07. The number of methoxy groups -OCH3 is 1. The van der Waals surface area contributed by atoms with Crippen molar-refractivity contribution in [1.29, 1.82) is 0 Å². The average Bonchev–Trinajstić information content (AvgIpc) is 3.17. The molecule has 30 heavy (non-hydrogen) atoms. The summed E-state index contributed by atoms with van der Waals surface area (Å²) in [4.78, 5) is 29.9. The maximum absolute atomic E-state index is 12.8. The molecular weight excluding hydrogens is 408 g/mol. The van der Waals surface area contributed by atoms with Crippen LogP contribution in [0.1, 0.15) is 46.3 Å². The number of cyclic esters (lactones) is 1. The van der Waals surface area contributed by atoms with Gasteiger partial charge in [0.1, 0.15) is 17.0 Å².